The summed E-state index contributed by atoms with van der Waals surface area (Å²) in [7, 11) is 0. The van der Waals surface area contributed by atoms with E-state index in [0.29, 0.717) is 0 Å². The summed E-state index contributed by atoms with van der Waals surface area (Å²) in [6.07, 6.45) is 0.660. The monoisotopic (exact) mass is 195 g/mol. The third kappa shape index (κ3) is 1.51. The summed E-state index contributed by atoms with van der Waals surface area (Å²) in [6, 6.07) is 1.23. The van der Waals surface area contributed by atoms with Gasteiger partial charge in [0.15, 0.2) is 0 Å². The van der Waals surface area contributed by atoms with Gasteiger partial charge in [-0.05, 0) is 0 Å². The minimum Gasteiger partial charge on any atom is -0.391 e. The Morgan fingerprint density at radius 1 is 1.57 bits per heavy atom. The SMILES string of the molecule is O=C1CC(O)CN1c1cc(=O)[nH]cn1. The number of hydrogen-bond acceptors (Lipinski definition) is 4. The van der Waals surface area contributed by atoms with Gasteiger partial charge in [-0.1, -0.05) is 0 Å². The van der Waals surface area contributed by atoms with E-state index in [2.05, 4.69) is 9.97 Å². The van der Waals surface area contributed by atoms with E-state index < -0.39 is 6.10 Å². The zero-order chi connectivity index (χ0) is 10.1. The van der Waals surface area contributed by atoms with Gasteiger partial charge in [-0.15, -0.1) is 0 Å². The second-order valence-electron chi connectivity index (χ2n) is 3.13. The fourth-order valence-electron chi connectivity index (χ4n) is 1.42. The molecule has 1 unspecified atom stereocenters. The highest BCUT2D eigenvalue weighted by molar-refractivity contribution is 5.95. The van der Waals surface area contributed by atoms with Crippen molar-refractivity contribution in [2.75, 3.05) is 11.4 Å². The molecule has 2 rings (SSSR count). The van der Waals surface area contributed by atoms with Crippen molar-refractivity contribution in [3.63, 3.8) is 0 Å². The number of β-amino-alcohol motifs (C(OH)–C–C–N with tert-alkyl or cyclic N) is 1. The molecule has 0 aliphatic carbocycles. The van der Waals surface area contributed by atoms with Gasteiger partial charge in [-0.25, -0.2) is 4.98 Å². The number of H-pyrrole nitrogens is 1. The lowest BCUT2D eigenvalue weighted by Gasteiger charge is -2.13. The lowest BCUT2D eigenvalue weighted by molar-refractivity contribution is -0.117. The Balaban J connectivity index is 2.32. The van der Waals surface area contributed by atoms with Crippen LogP contribution in [0.15, 0.2) is 17.2 Å². The largest absolute Gasteiger partial charge is 0.391 e. The maximum atomic E-state index is 11.3. The van der Waals surface area contributed by atoms with Crippen molar-refractivity contribution in [3.05, 3.63) is 22.7 Å². The van der Waals surface area contributed by atoms with Crippen molar-refractivity contribution < 1.29 is 9.90 Å². The fourth-order valence-corrected chi connectivity index (χ4v) is 1.42. The van der Waals surface area contributed by atoms with Crippen LogP contribution in [0.1, 0.15) is 6.42 Å². The highest BCUT2D eigenvalue weighted by Gasteiger charge is 2.29. The molecule has 1 atom stereocenters. The summed E-state index contributed by atoms with van der Waals surface area (Å²) < 4.78 is 0. The maximum Gasteiger partial charge on any atom is 0.252 e. The van der Waals surface area contributed by atoms with Crippen molar-refractivity contribution in [1.82, 2.24) is 9.97 Å². The van der Waals surface area contributed by atoms with Gasteiger partial charge in [0.1, 0.15) is 5.82 Å². The number of nitrogens with zero attached hydrogens (tertiary/aromatic N) is 2. The van der Waals surface area contributed by atoms with Crippen molar-refractivity contribution in [2.24, 2.45) is 0 Å². The summed E-state index contributed by atoms with van der Waals surface area (Å²) in [5, 5.41) is 9.22. The third-order valence-electron chi connectivity index (χ3n) is 2.04. The van der Waals surface area contributed by atoms with Gasteiger partial charge < -0.3 is 10.1 Å². The van der Waals surface area contributed by atoms with Crippen LogP contribution in [0.4, 0.5) is 5.82 Å². The van der Waals surface area contributed by atoms with Gasteiger partial charge in [-0.2, -0.15) is 0 Å². The number of amides is 1. The predicted octanol–water partition coefficient (Wildman–Crippen LogP) is -1.13. The number of aliphatic hydroxyl groups is 1. The molecule has 1 saturated heterocycles. The minimum absolute atomic E-state index is 0.0917. The first-order valence-electron chi connectivity index (χ1n) is 4.20. The molecule has 0 spiro atoms. The molecule has 1 aliphatic heterocycles. The second-order valence-corrected chi connectivity index (χ2v) is 3.13. The van der Waals surface area contributed by atoms with Crippen molar-refractivity contribution in [3.8, 4) is 0 Å². The predicted molar refractivity (Wildman–Crippen MR) is 47.8 cm³/mol. The first-order valence-corrected chi connectivity index (χ1v) is 4.20. The number of aromatic nitrogens is 2. The topological polar surface area (TPSA) is 86.3 Å². The molecule has 2 heterocycles. The van der Waals surface area contributed by atoms with Gasteiger partial charge in [0.25, 0.3) is 5.56 Å². The summed E-state index contributed by atoms with van der Waals surface area (Å²) >= 11 is 0. The van der Waals surface area contributed by atoms with Crippen LogP contribution in [0.5, 0.6) is 0 Å². The normalized spacial score (nSPS) is 21.6. The number of rotatable bonds is 1. The van der Waals surface area contributed by atoms with Crippen molar-refractivity contribution in [2.45, 2.75) is 12.5 Å². The fraction of sp³-hybridized carbons (Fsp3) is 0.375. The molecule has 1 aromatic heterocycles. The average Bonchev–Trinajstić information content (AvgIpc) is 2.45. The van der Waals surface area contributed by atoms with E-state index in [9.17, 15) is 14.7 Å². The Kier molecular flexibility index (Phi) is 2.05. The molecule has 1 amide bonds. The first-order chi connectivity index (χ1) is 6.66. The zero-order valence-corrected chi connectivity index (χ0v) is 7.30. The molecule has 0 aromatic carbocycles. The molecule has 2 N–H and O–H groups in total. The van der Waals surface area contributed by atoms with Gasteiger partial charge in [0, 0.05) is 6.07 Å². The van der Waals surface area contributed by atoms with E-state index in [4.69, 9.17) is 0 Å². The van der Waals surface area contributed by atoms with E-state index in [-0.39, 0.29) is 30.2 Å². The molecule has 6 nitrogen and oxygen atoms in total. The van der Waals surface area contributed by atoms with Crippen LogP contribution >= 0.6 is 0 Å². The second kappa shape index (κ2) is 3.22. The quantitative estimate of drug-likeness (QED) is 0.593. The summed E-state index contributed by atoms with van der Waals surface area (Å²) in [6.45, 7) is 0.204. The number of carbonyl (C=O) groups excluding carboxylic acids is 1. The Morgan fingerprint density at radius 3 is 2.93 bits per heavy atom. The third-order valence-corrected chi connectivity index (χ3v) is 2.04. The summed E-state index contributed by atoms with van der Waals surface area (Å²) in [4.78, 5) is 29.8. The first kappa shape index (κ1) is 8.89. The van der Waals surface area contributed by atoms with Crippen LogP contribution < -0.4 is 10.5 Å². The standard InChI is InChI=1S/C8H9N3O3/c12-5-1-8(14)11(3-5)6-2-7(13)10-4-9-6/h2,4-5,12H,1,3H2,(H,9,10,13). The molecule has 14 heavy (non-hydrogen) atoms. The number of anilines is 1. The van der Waals surface area contributed by atoms with Crippen LogP contribution in [-0.2, 0) is 4.79 Å². The van der Waals surface area contributed by atoms with E-state index in [1.165, 1.54) is 17.3 Å². The number of nitrogens with one attached hydrogen (secondary N) is 1. The summed E-state index contributed by atoms with van der Waals surface area (Å²) in [5.74, 6) is 0.0749. The number of carbonyl (C=O) groups is 1. The molecular weight excluding hydrogens is 186 g/mol. The van der Waals surface area contributed by atoms with E-state index in [0.717, 1.165) is 0 Å². The van der Waals surface area contributed by atoms with Gasteiger partial charge in [0.2, 0.25) is 5.91 Å². The number of hydrogen-bond donors (Lipinski definition) is 2. The zero-order valence-electron chi connectivity index (χ0n) is 7.30. The minimum atomic E-state index is -0.663. The van der Waals surface area contributed by atoms with E-state index in [1.807, 2.05) is 0 Å². The number of aliphatic hydroxyl groups excluding tert-OH is 1. The molecule has 0 radical (unpaired) electrons. The lowest BCUT2D eigenvalue weighted by Crippen LogP contribution is -2.27. The Labute approximate surface area is 79.2 Å². The van der Waals surface area contributed by atoms with Gasteiger partial charge in [-0.3, -0.25) is 14.5 Å². The van der Waals surface area contributed by atoms with Crippen molar-refractivity contribution in [1.29, 1.82) is 0 Å². The smallest absolute Gasteiger partial charge is 0.252 e. The molecule has 6 heteroatoms. The molecule has 0 bridgehead atoms. The maximum absolute atomic E-state index is 11.3. The highest BCUT2D eigenvalue weighted by atomic mass is 16.3. The van der Waals surface area contributed by atoms with Gasteiger partial charge >= 0.3 is 0 Å². The molecule has 1 fully saturated rings. The van der Waals surface area contributed by atoms with Crippen LogP contribution in [-0.4, -0.2) is 33.6 Å². The van der Waals surface area contributed by atoms with Gasteiger partial charge in [0.05, 0.1) is 25.4 Å². The molecular formula is C8H9N3O3. The van der Waals surface area contributed by atoms with Crippen LogP contribution in [0, 0.1) is 0 Å². The van der Waals surface area contributed by atoms with Crippen LogP contribution in [0.2, 0.25) is 0 Å². The van der Waals surface area contributed by atoms with Crippen molar-refractivity contribution >= 4 is 11.7 Å². The van der Waals surface area contributed by atoms with E-state index >= 15 is 0 Å². The van der Waals surface area contributed by atoms with E-state index in [1.54, 1.807) is 0 Å². The molecule has 74 valence electrons. The molecule has 0 saturated carbocycles. The number of aromatic amines is 1. The van der Waals surface area contributed by atoms with Crippen LogP contribution in [0.25, 0.3) is 0 Å². The molecule has 1 aromatic rings. The Hall–Kier alpha value is -1.69. The average molecular weight is 195 g/mol. The molecule has 1 aliphatic rings. The Bertz CT molecular complexity index is 414. The Morgan fingerprint density at radius 2 is 2.36 bits per heavy atom. The lowest BCUT2D eigenvalue weighted by atomic mass is 10.3. The highest BCUT2D eigenvalue weighted by Crippen LogP contribution is 2.16. The summed E-state index contributed by atoms with van der Waals surface area (Å²) in [5.41, 5.74) is -0.316. The van der Waals surface area contributed by atoms with Crippen LogP contribution in [0.3, 0.4) is 0 Å².